The lowest BCUT2D eigenvalue weighted by Gasteiger charge is -2.28. The molecule has 0 N–H and O–H groups in total. The van der Waals surface area contributed by atoms with Gasteiger partial charge in [-0.3, -0.25) is 0 Å². The van der Waals surface area contributed by atoms with Crippen molar-refractivity contribution in [2.24, 2.45) is 0 Å². The Kier molecular flexibility index (Phi) is 7.39. The maximum Gasteiger partial charge on any atom is 0.143 e. The van der Waals surface area contributed by atoms with Crippen molar-refractivity contribution in [3.05, 3.63) is 200 Å². The van der Waals surface area contributed by atoms with Crippen molar-refractivity contribution in [1.82, 2.24) is 0 Å². The molecule has 0 radical (unpaired) electrons. The monoisotopic (exact) mass is 719 g/mol. The lowest BCUT2D eigenvalue weighted by molar-refractivity contribution is 0.673. The molecule has 0 amide bonds. The highest BCUT2D eigenvalue weighted by atomic mass is 32.1. The SMILES string of the molecule is c1ccc(-c2ccc(N(c3ccc(-c4ccc5c(c4)sc4ccccc45)cc3)c3ccccc3-c3cccc4oc5c6ccccc6ccc5c34)cc2)cc1. The number of furan rings is 1. The molecule has 0 atom stereocenters. The third-order valence-electron chi connectivity index (χ3n) is 10.9. The van der Waals surface area contributed by atoms with Crippen molar-refractivity contribution in [2.75, 3.05) is 4.90 Å². The van der Waals surface area contributed by atoms with Gasteiger partial charge in [0.05, 0.1) is 5.69 Å². The average Bonchev–Trinajstić information content (AvgIpc) is 3.83. The maximum atomic E-state index is 6.64. The van der Waals surface area contributed by atoms with Crippen molar-refractivity contribution in [2.45, 2.75) is 0 Å². The molecule has 0 unspecified atom stereocenters. The molecule has 0 aliphatic heterocycles. The third kappa shape index (κ3) is 5.32. The number of hydrogen-bond donors (Lipinski definition) is 0. The summed E-state index contributed by atoms with van der Waals surface area (Å²) < 4.78 is 9.27. The van der Waals surface area contributed by atoms with Crippen LogP contribution in [0.1, 0.15) is 0 Å². The van der Waals surface area contributed by atoms with Gasteiger partial charge in [0.25, 0.3) is 0 Å². The van der Waals surface area contributed by atoms with Gasteiger partial charge in [-0.15, -0.1) is 11.3 Å². The van der Waals surface area contributed by atoms with Gasteiger partial charge in [0.2, 0.25) is 0 Å². The summed E-state index contributed by atoms with van der Waals surface area (Å²) in [5.74, 6) is 0. The Morgan fingerprint density at radius 2 is 0.982 bits per heavy atom. The first-order valence-electron chi connectivity index (χ1n) is 18.7. The van der Waals surface area contributed by atoms with Gasteiger partial charge in [0.15, 0.2) is 0 Å². The second kappa shape index (κ2) is 12.9. The van der Waals surface area contributed by atoms with Gasteiger partial charge in [-0.25, -0.2) is 0 Å². The van der Waals surface area contributed by atoms with Crippen molar-refractivity contribution >= 4 is 81.3 Å². The highest BCUT2D eigenvalue weighted by Gasteiger charge is 2.21. The van der Waals surface area contributed by atoms with Crippen LogP contribution in [0.3, 0.4) is 0 Å². The van der Waals surface area contributed by atoms with Crippen LogP contribution in [0.25, 0.3) is 86.3 Å². The van der Waals surface area contributed by atoms with Crippen molar-refractivity contribution < 1.29 is 4.42 Å². The Balaban J connectivity index is 1.07. The number of fused-ring (bicyclic) bond motifs is 8. The highest BCUT2D eigenvalue weighted by molar-refractivity contribution is 7.25. The lowest BCUT2D eigenvalue weighted by Crippen LogP contribution is -2.11. The van der Waals surface area contributed by atoms with Crippen molar-refractivity contribution in [1.29, 1.82) is 0 Å². The van der Waals surface area contributed by atoms with Gasteiger partial charge >= 0.3 is 0 Å². The number of benzene rings is 9. The molecule has 0 aliphatic rings. The molecule has 0 aliphatic carbocycles. The molecule has 0 saturated carbocycles. The summed E-state index contributed by atoms with van der Waals surface area (Å²) in [4.78, 5) is 2.39. The Morgan fingerprint density at radius 1 is 0.382 bits per heavy atom. The summed E-state index contributed by atoms with van der Waals surface area (Å²) in [6.45, 7) is 0. The number of rotatable bonds is 6. The van der Waals surface area contributed by atoms with E-state index < -0.39 is 0 Å². The largest absolute Gasteiger partial charge is 0.455 e. The van der Waals surface area contributed by atoms with Crippen molar-refractivity contribution in [3.63, 3.8) is 0 Å². The van der Waals surface area contributed by atoms with Gasteiger partial charge in [-0.05, 0) is 87.8 Å². The predicted octanol–water partition coefficient (Wildman–Crippen LogP) is 15.6. The first-order valence-corrected chi connectivity index (χ1v) is 19.5. The van der Waals surface area contributed by atoms with Crippen molar-refractivity contribution in [3.8, 4) is 33.4 Å². The van der Waals surface area contributed by atoms with Crippen LogP contribution in [-0.4, -0.2) is 0 Å². The number of anilines is 3. The van der Waals surface area contributed by atoms with Gasteiger partial charge in [-0.2, -0.15) is 0 Å². The predicted molar refractivity (Wildman–Crippen MR) is 235 cm³/mol. The average molecular weight is 720 g/mol. The van der Waals surface area contributed by atoms with Gasteiger partial charge < -0.3 is 9.32 Å². The Labute approximate surface area is 322 Å². The molecule has 0 fully saturated rings. The van der Waals surface area contributed by atoms with E-state index in [4.69, 9.17) is 4.42 Å². The van der Waals surface area contributed by atoms with Gasteiger partial charge in [0, 0.05) is 53.3 Å². The summed E-state index contributed by atoms with van der Waals surface area (Å²) in [6.07, 6.45) is 0. The van der Waals surface area contributed by atoms with Crippen LogP contribution < -0.4 is 4.90 Å². The Hall–Kier alpha value is -6.94. The molecule has 0 spiro atoms. The number of thiophene rings is 1. The molecule has 55 heavy (non-hydrogen) atoms. The minimum absolute atomic E-state index is 0.886. The van der Waals surface area contributed by atoms with E-state index in [1.54, 1.807) is 0 Å². The Morgan fingerprint density at radius 3 is 1.80 bits per heavy atom. The van der Waals surface area contributed by atoms with Gasteiger partial charge in [0.1, 0.15) is 11.2 Å². The molecule has 258 valence electrons. The van der Waals surface area contributed by atoms with E-state index in [0.717, 1.165) is 55.5 Å². The van der Waals surface area contributed by atoms with E-state index in [1.165, 1.54) is 47.8 Å². The lowest BCUT2D eigenvalue weighted by atomic mass is 9.96. The van der Waals surface area contributed by atoms with E-state index in [-0.39, 0.29) is 0 Å². The fraction of sp³-hybridized carbons (Fsp3) is 0. The Bertz CT molecular complexity index is 3190. The summed E-state index contributed by atoms with van der Waals surface area (Å²) in [5, 5.41) is 7.19. The normalized spacial score (nSPS) is 11.6. The number of hydrogen-bond acceptors (Lipinski definition) is 3. The fourth-order valence-electron chi connectivity index (χ4n) is 8.24. The summed E-state index contributed by atoms with van der Waals surface area (Å²) >= 11 is 1.86. The van der Waals surface area contributed by atoms with E-state index in [1.807, 2.05) is 11.3 Å². The summed E-state index contributed by atoms with van der Waals surface area (Å²) in [6, 6.07) is 72.1. The molecule has 0 bridgehead atoms. The topological polar surface area (TPSA) is 16.4 Å². The van der Waals surface area contributed by atoms with Crippen LogP contribution >= 0.6 is 11.3 Å². The fourth-order valence-corrected chi connectivity index (χ4v) is 9.39. The molecule has 11 aromatic rings. The third-order valence-corrected chi connectivity index (χ3v) is 12.0. The first-order chi connectivity index (χ1) is 27.3. The zero-order valence-electron chi connectivity index (χ0n) is 29.8. The summed E-state index contributed by atoms with van der Waals surface area (Å²) in [5.41, 5.74) is 12.2. The molecule has 3 heteroatoms. The highest BCUT2D eigenvalue weighted by Crippen LogP contribution is 2.46. The zero-order chi connectivity index (χ0) is 36.3. The molecule has 0 saturated heterocycles. The van der Waals surface area contributed by atoms with E-state index >= 15 is 0 Å². The molecule has 11 rings (SSSR count). The van der Waals surface area contributed by atoms with E-state index in [2.05, 4.69) is 205 Å². The van der Waals surface area contributed by atoms with Crippen LogP contribution in [-0.2, 0) is 0 Å². The smallest absolute Gasteiger partial charge is 0.143 e. The zero-order valence-corrected chi connectivity index (χ0v) is 30.6. The quantitative estimate of drug-likeness (QED) is 0.170. The maximum absolute atomic E-state index is 6.64. The van der Waals surface area contributed by atoms with E-state index in [9.17, 15) is 0 Å². The minimum atomic E-state index is 0.886. The second-order valence-corrected chi connectivity index (χ2v) is 15.1. The van der Waals surface area contributed by atoms with Crippen LogP contribution in [0.5, 0.6) is 0 Å². The molecular weight excluding hydrogens is 687 g/mol. The molecular formula is C52H33NOS. The molecule has 2 nitrogen and oxygen atoms in total. The molecule has 2 aromatic heterocycles. The molecule has 9 aromatic carbocycles. The van der Waals surface area contributed by atoms with Gasteiger partial charge in [-0.1, -0.05) is 146 Å². The second-order valence-electron chi connectivity index (χ2n) is 14.1. The van der Waals surface area contributed by atoms with Crippen LogP contribution in [0.4, 0.5) is 17.1 Å². The first kappa shape index (κ1) is 31.6. The molecule has 2 heterocycles. The van der Waals surface area contributed by atoms with E-state index in [0.29, 0.717) is 0 Å². The minimum Gasteiger partial charge on any atom is -0.455 e. The van der Waals surface area contributed by atoms with Crippen LogP contribution in [0, 0.1) is 0 Å². The van der Waals surface area contributed by atoms with Crippen LogP contribution in [0.15, 0.2) is 205 Å². The van der Waals surface area contributed by atoms with Crippen LogP contribution in [0.2, 0.25) is 0 Å². The number of nitrogens with zero attached hydrogens (tertiary/aromatic N) is 1. The standard InChI is InChI=1S/C52H33NOS/c1-2-11-34(12-3-1)35-21-27-39(28-22-35)53(40-29-23-36(24-30-40)38-26-31-44-43-16-7-9-20-49(43)55-50(44)33-38)47-18-8-6-15-42(47)45-17-10-19-48-51(45)46-32-25-37-13-4-5-14-41(37)52(46)54-48/h1-33H. The number of para-hydroxylation sites is 1. The summed E-state index contributed by atoms with van der Waals surface area (Å²) in [7, 11) is 0.